The van der Waals surface area contributed by atoms with E-state index < -0.39 is 41.0 Å². The van der Waals surface area contributed by atoms with Crippen LogP contribution in [0.3, 0.4) is 0 Å². The first-order chi connectivity index (χ1) is 13.9. The first-order valence-corrected chi connectivity index (χ1v) is 9.00. The second kappa shape index (κ2) is 7.64. The van der Waals surface area contributed by atoms with E-state index in [2.05, 4.69) is 15.0 Å². The van der Waals surface area contributed by atoms with Crippen LogP contribution in [-0.4, -0.2) is 49.3 Å². The van der Waals surface area contributed by atoms with Crippen molar-refractivity contribution in [3.05, 3.63) is 35.8 Å². The lowest BCUT2D eigenvalue weighted by atomic mass is 10.1. The van der Waals surface area contributed by atoms with Gasteiger partial charge in [-0.3, -0.25) is 9.69 Å². The Bertz CT molecular complexity index is 928. The van der Waals surface area contributed by atoms with Crippen LogP contribution in [0.25, 0.3) is 0 Å². The molecule has 1 N–H and O–H groups in total. The van der Waals surface area contributed by atoms with Crippen molar-refractivity contribution in [3.63, 3.8) is 0 Å². The molecule has 11 heteroatoms. The van der Waals surface area contributed by atoms with E-state index in [0.29, 0.717) is 5.82 Å². The number of benzene rings is 1. The Balaban J connectivity index is 1.52. The van der Waals surface area contributed by atoms with Crippen molar-refractivity contribution in [2.24, 2.45) is 0 Å². The number of nitrogens with zero attached hydrogens (tertiary/aromatic N) is 3. The maximum atomic E-state index is 14.7. The number of ketones is 1. The van der Waals surface area contributed by atoms with Gasteiger partial charge in [0.25, 0.3) is 0 Å². The lowest BCUT2D eigenvalue weighted by molar-refractivity contribution is -0.119. The van der Waals surface area contributed by atoms with Crippen molar-refractivity contribution in [1.29, 1.82) is 0 Å². The fraction of sp³-hybridized carbons (Fsp3) is 0.389. The van der Waals surface area contributed by atoms with Crippen LogP contribution >= 0.6 is 0 Å². The van der Waals surface area contributed by atoms with Gasteiger partial charge in [-0.15, -0.1) is 0 Å². The van der Waals surface area contributed by atoms with Gasteiger partial charge in [-0.25, -0.2) is 18.0 Å². The van der Waals surface area contributed by atoms with Gasteiger partial charge in [0.15, 0.2) is 23.3 Å². The van der Waals surface area contributed by atoms with Crippen LogP contribution in [0.2, 0.25) is 0 Å². The van der Waals surface area contributed by atoms with Crippen LogP contribution in [0.1, 0.15) is 12.8 Å². The number of halogens is 3. The highest BCUT2D eigenvalue weighted by Crippen LogP contribution is 2.35. The van der Waals surface area contributed by atoms with Gasteiger partial charge in [0.05, 0.1) is 18.8 Å². The molecular weight excluding hydrogens is 393 g/mol. The second-order valence-corrected chi connectivity index (χ2v) is 6.76. The Labute approximate surface area is 163 Å². The maximum absolute atomic E-state index is 14.7. The zero-order valence-electron chi connectivity index (χ0n) is 15.2. The van der Waals surface area contributed by atoms with Crippen molar-refractivity contribution < 1.29 is 32.0 Å². The average Bonchev–Trinajstić information content (AvgIpc) is 3.34. The fourth-order valence-corrected chi connectivity index (χ4v) is 3.39. The summed E-state index contributed by atoms with van der Waals surface area (Å²) in [4.78, 5) is 25.6. The number of amides is 1. The molecule has 0 aliphatic carbocycles. The molecule has 0 saturated carbocycles. The average molecular weight is 410 g/mol. The van der Waals surface area contributed by atoms with E-state index in [1.807, 2.05) is 0 Å². The van der Waals surface area contributed by atoms with Crippen molar-refractivity contribution >= 4 is 29.1 Å². The number of ether oxygens (including phenoxy) is 1. The minimum atomic E-state index is -1.40. The number of nitrogens with one attached hydrogen (secondary N) is 1. The van der Waals surface area contributed by atoms with Crippen LogP contribution in [0.5, 0.6) is 0 Å². The lowest BCUT2D eigenvalue weighted by Gasteiger charge is -2.29. The quantitative estimate of drug-likeness (QED) is 0.759. The molecule has 1 atom stereocenters. The molecule has 154 valence electrons. The van der Waals surface area contributed by atoms with Crippen molar-refractivity contribution in [3.8, 4) is 0 Å². The van der Waals surface area contributed by atoms with Crippen LogP contribution in [0, 0.1) is 17.5 Å². The summed E-state index contributed by atoms with van der Waals surface area (Å²) in [5.41, 5.74) is -1.07. The topological polar surface area (TPSA) is 87.9 Å². The summed E-state index contributed by atoms with van der Waals surface area (Å²) >= 11 is 0. The van der Waals surface area contributed by atoms with E-state index in [-0.39, 0.29) is 44.8 Å². The summed E-state index contributed by atoms with van der Waals surface area (Å²) in [6.07, 6.45) is 0.0427. The number of cyclic esters (lactones) is 1. The normalized spacial score (nSPS) is 19.6. The molecule has 1 aromatic carbocycles. The predicted molar refractivity (Wildman–Crippen MR) is 95.4 cm³/mol. The molecule has 2 aliphatic rings. The van der Waals surface area contributed by atoms with E-state index in [0.717, 1.165) is 11.0 Å². The molecular formula is C18H17F3N4O4. The molecule has 0 bridgehead atoms. The minimum Gasteiger partial charge on any atom is -0.442 e. The minimum absolute atomic E-state index is 0.00996. The number of hydrogen-bond acceptors (Lipinski definition) is 7. The Hall–Kier alpha value is -3.24. The zero-order valence-corrected chi connectivity index (χ0v) is 15.2. The Morgan fingerprint density at radius 1 is 1.17 bits per heavy atom. The third-order valence-corrected chi connectivity index (χ3v) is 4.87. The largest absolute Gasteiger partial charge is 0.442 e. The molecule has 2 aliphatic heterocycles. The van der Waals surface area contributed by atoms with Crippen LogP contribution in [0.4, 0.5) is 35.2 Å². The van der Waals surface area contributed by atoms with Gasteiger partial charge >= 0.3 is 6.09 Å². The molecule has 3 heterocycles. The molecule has 1 amide bonds. The van der Waals surface area contributed by atoms with Crippen molar-refractivity contribution in [2.45, 2.75) is 18.9 Å². The SMILES string of the molecule is O=C1CCN(c2c(F)cc(N3C[C@H](CNc4ccon4)OC3=O)c(F)c2F)CC1. The summed E-state index contributed by atoms with van der Waals surface area (Å²) in [6.45, 7) is 0.262. The number of carbonyl (C=O) groups excluding carboxylic acids is 2. The van der Waals surface area contributed by atoms with E-state index >= 15 is 0 Å². The molecule has 2 saturated heterocycles. The first kappa shape index (κ1) is 19.1. The van der Waals surface area contributed by atoms with E-state index in [4.69, 9.17) is 4.74 Å². The summed E-state index contributed by atoms with van der Waals surface area (Å²) in [5.74, 6) is -3.34. The number of Topliss-reactive ketones (excluding diaryl/α,β-unsaturated/α-hetero) is 1. The zero-order chi connectivity index (χ0) is 20.5. The first-order valence-electron chi connectivity index (χ1n) is 9.00. The monoisotopic (exact) mass is 410 g/mol. The summed E-state index contributed by atoms with van der Waals surface area (Å²) in [7, 11) is 0. The van der Waals surface area contributed by atoms with Gasteiger partial charge < -0.3 is 19.5 Å². The Morgan fingerprint density at radius 2 is 1.93 bits per heavy atom. The number of rotatable bonds is 5. The molecule has 1 aromatic heterocycles. The molecule has 29 heavy (non-hydrogen) atoms. The Kier molecular flexibility index (Phi) is 5.03. The number of piperidine rings is 1. The third kappa shape index (κ3) is 3.71. The highest BCUT2D eigenvalue weighted by atomic mass is 19.2. The van der Waals surface area contributed by atoms with Crippen LogP contribution in [-0.2, 0) is 9.53 Å². The van der Waals surface area contributed by atoms with Gasteiger partial charge in [0.1, 0.15) is 23.8 Å². The third-order valence-electron chi connectivity index (χ3n) is 4.87. The predicted octanol–water partition coefficient (Wildman–Crippen LogP) is 2.70. The molecule has 4 rings (SSSR count). The van der Waals surface area contributed by atoms with Gasteiger partial charge in [-0.05, 0) is 0 Å². The highest BCUT2D eigenvalue weighted by molar-refractivity contribution is 5.90. The smallest absolute Gasteiger partial charge is 0.414 e. The number of carbonyl (C=O) groups is 2. The number of hydrogen-bond donors (Lipinski definition) is 1. The summed E-state index contributed by atoms with van der Waals surface area (Å²) in [6, 6.07) is 2.34. The summed E-state index contributed by atoms with van der Waals surface area (Å²) in [5, 5.41) is 6.51. The lowest BCUT2D eigenvalue weighted by Crippen LogP contribution is -2.35. The van der Waals surface area contributed by atoms with Crippen molar-refractivity contribution in [2.75, 3.05) is 41.3 Å². The molecule has 0 spiro atoms. The van der Waals surface area contributed by atoms with Gasteiger partial charge in [0.2, 0.25) is 0 Å². The van der Waals surface area contributed by atoms with Crippen LogP contribution in [0.15, 0.2) is 22.9 Å². The summed E-state index contributed by atoms with van der Waals surface area (Å²) < 4.78 is 53.8. The Morgan fingerprint density at radius 3 is 2.62 bits per heavy atom. The van der Waals surface area contributed by atoms with E-state index in [9.17, 15) is 22.8 Å². The molecule has 0 radical (unpaired) electrons. The molecule has 0 unspecified atom stereocenters. The van der Waals surface area contributed by atoms with E-state index in [1.54, 1.807) is 6.07 Å². The van der Waals surface area contributed by atoms with Crippen molar-refractivity contribution in [1.82, 2.24) is 5.16 Å². The van der Waals surface area contributed by atoms with Gasteiger partial charge in [0, 0.05) is 38.1 Å². The molecule has 2 aromatic rings. The highest BCUT2D eigenvalue weighted by Gasteiger charge is 2.36. The van der Waals surface area contributed by atoms with Crippen LogP contribution < -0.4 is 15.1 Å². The number of anilines is 3. The van der Waals surface area contributed by atoms with Gasteiger partial charge in [-0.2, -0.15) is 0 Å². The van der Waals surface area contributed by atoms with E-state index in [1.165, 1.54) is 11.2 Å². The second-order valence-electron chi connectivity index (χ2n) is 6.76. The fourth-order valence-electron chi connectivity index (χ4n) is 3.39. The van der Waals surface area contributed by atoms with Gasteiger partial charge in [-0.1, -0.05) is 5.16 Å². The molecule has 8 nitrogen and oxygen atoms in total. The molecule has 2 fully saturated rings. The maximum Gasteiger partial charge on any atom is 0.414 e. The number of aromatic nitrogens is 1. The standard InChI is InChI=1S/C18H17F3N4O4/c19-12-7-13(15(20)16(21)17(12)24-4-1-10(26)2-5-24)25-9-11(29-18(25)27)8-22-14-3-6-28-23-14/h3,6-7,11H,1-2,4-5,8-9H2,(H,22,23)/t11-/m0/s1.